The third-order valence-electron chi connectivity index (χ3n) is 2.92. The van der Waals surface area contributed by atoms with Gasteiger partial charge >= 0.3 is 5.97 Å². The highest BCUT2D eigenvalue weighted by atomic mass is 32.2. The topological polar surface area (TPSA) is 84.5 Å². The Kier molecular flexibility index (Phi) is 5.21. The highest BCUT2D eigenvalue weighted by Gasteiger charge is 2.24. The highest BCUT2D eigenvalue weighted by molar-refractivity contribution is 8.00. The number of thioether (sulfide) groups is 1. The Morgan fingerprint density at radius 1 is 1.50 bits per heavy atom. The number of anilines is 1. The summed E-state index contributed by atoms with van der Waals surface area (Å²) in [6, 6.07) is 4.92. The summed E-state index contributed by atoms with van der Waals surface area (Å²) in [5.41, 5.74) is 0.865. The van der Waals surface area contributed by atoms with Crippen molar-refractivity contribution >= 4 is 35.2 Å². The van der Waals surface area contributed by atoms with Gasteiger partial charge in [-0.3, -0.25) is 9.59 Å². The molecule has 0 saturated heterocycles. The monoisotopic (exact) mass is 320 g/mol. The van der Waals surface area contributed by atoms with Crippen LogP contribution in [0.25, 0.3) is 0 Å². The van der Waals surface area contributed by atoms with Gasteiger partial charge in [0, 0.05) is 11.4 Å². The third kappa shape index (κ3) is 3.88. The van der Waals surface area contributed by atoms with Gasteiger partial charge in [-0.05, 0) is 25.1 Å². The van der Waals surface area contributed by atoms with Crippen LogP contribution >= 0.6 is 11.8 Å². The summed E-state index contributed by atoms with van der Waals surface area (Å²) >= 11 is 1.43. The molecule has 2 rings (SSSR count). The summed E-state index contributed by atoms with van der Waals surface area (Å²) in [7, 11) is 0. The zero-order chi connectivity index (χ0) is 16.1. The number of rotatable bonds is 5. The van der Waals surface area contributed by atoms with Crippen molar-refractivity contribution < 1.29 is 19.1 Å². The zero-order valence-electron chi connectivity index (χ0n) is 12.0. The first-order valence-electron chi connectivity index (χ1n) is 6.67. The van der Waals surface area contributed by atoms with Gasteiger partial charge < -0.3 is 15.4 Å². The van der Waals surface area contributed by atoms with Crippen LogP contribution in [0, 0.1) is 0 Å². The Bertz CT molecular complexity index is 630. The third-order valence-corrected chi connectivity index (χ3v) is 4.10. The molecule has 0 aliphatic carbocycles. The van der Waals surface area contributed by atoms with Crippen LogP contribution in [-0.2, 0) is 14.3 Å². The van der Waals surface area contributed by atoms with Gasteiger partial charge in [0.05, 0.1) is 16.5 Å². The molecule has 1 heterocycles. The Hall–Kier alpha value is -2.28. The lowest BCUT2D eigenvalue weighted by molar-refractivity contribution is -0.124. The van der Waals surface area contributed by atoms with E-state index < -0.39 is 11.9 Å². The molecule has 0 aromatic heterocycles. The molecule has 2 amide bonds. The minimum Gasteiger partial charge on any atom is -0.452 e. The van der Waals surface area contributed by atoms with Crippen molar-refractivity contribution in [1.29, 1.82) is 0 Å². The van der Waals surface area contributed by atoms with Gasteiger partial charge in [0.15, 0.2) is 6.61 Å². The Morgan fingerprint density at radius 3 is 3.00 bits per heavy atom. The van der Waals surface area contributed by atoms with Gasteiger partial charge in [0.25, 0.3) is 5.91 Å². The van der Waals surface area contributed by atoms with E-state index in [1.54, 1.807) is 18.2 Å². The number of amides is 2. The van der Waals surface area contributed by atoms with Crippen LogP contribution in [0.4, 0.5) is 5.69 Å². The largest absolute Gasteiger partial charge is 0.452 e. The summed E-state index contributed by atoms with van der Waals surface area (Å²) < 4.78 is 4.92. The number of nitrogens with one attached hydrogen (secondary N) is 2. The SMILES string of the molecule is C=CCNC(=O)COC(=O)c1ccc2c(c1)NC(=O)C(C)S2. The van der Waals surface area contributed by atoms with Crippen molar-refractivity contribution in [3.05, 3.63) is 36.4 Å². The fraction of sp³-hybridized carbons (Fsp3) is 0.267. The number of hydrogen-bond donors (Lipinski definition) is 2. The molecule has 0 spiro atoms. The first-order chi connectivity index (χ1) is 10.5. The van der Waals surface area contributed by atoms with E-state index >= 15 is 0 Å². The van der Waals surface area contributed by atoms with Crippen molar-refractivity contribution in [2.45, 2.75) is 17.1 Å². The molecule has 0 fully saturated rings. The summed E-state index contributed by atoms with van der Waals surface area (Å²) in [6.45, 7) is 5.24. The highest BCUT2D eigenvalue weighted by Crippen LogP contribution is 2.35. The molecule has 1 aromatic rings. The van der Waals surface area contributed by atoms with Crippen molar-refractivity contribution in [2.75, 3.05) is 18.5 Å². The molecule has 0 saturated carbocycles. The fourth-order valence-electron chi connectivity index (χ4n) is 1.79. The van der Waals surface area contributed by atoms with Crippen molar-refractivity contribution in [1.82, 2.24) is 5.32 Å². The summed E-state index contributed by atoms with van der Waals surface area (Å²) in [5.74, 6) is -1.12. The van der Waals surface area contributed by atoms with Gasteiger partial charge in [-0.25, -0.2) is 4.79 Å². The molecule has 6 nitrogen and oxygen atoms in total. The first-order valence-corrected chi connectivity index (χ1v) is 7.55. The Labute approximate surface area is 132 Å². The average Bonchev–Trinajstić information content (AvgIpc) is 2.51. The van der Waals surface area contributed by atoms with Gasteiger partial charge in [-0.1, -0.05) is 6.08 Å². The van der Waals surface area contributed by atoms with Crippen LogP contribution < -0.4 is 10.6 Å². The summed E-state index contributed by atoms with van der Waals surface area (Å²) in [5, 5.41) is 5.08. The second kappa shape index (κ2) is 7.13. The van der Waals surface area contributed by atoms with Crippen molar-refractivity contribution in [3.63, 3.8) is 0 Å². The molecule has 1 unspecified atom stereocenters. The van der Waals surface area contributed by atoms with E-state index in [-0.39, 0.29) is 23.3 Å². The van der Waals surface area contributed by atoms with Gasteiger partial charge in [-0.15, -0.1) is 18.3 Å². The maximum Gasteiger partial charge on any atom is 0.338 e. The molecule has 0 radical (unpaired) electrons. The second-order valence-corrected chi connectivity index (χ2v) is 6.01. The number of esters is 1. The molecule has 116 valence electrons. The van der Waals surface area contributed by atoms with Crippen molar-refractivity contribution in [2.24, 2.45) is 0 Å². The van der Waals surface area contributed by atoms with E-state index in [9.17, 15) is 14.4 Å². The smallest absolute Gasteiger partial charge is 0.338 e. The maximum absolute atomic E-state index is 11.9. The Morgan fingerprint density at radius 2 is 2.27 bits per heavy atom. The molecule has 1 aromatic carbocycles. The molecule has 1 aliphatic heterocycles. The summed E-state index contributed by atoms with van der Waals surface area (Å²) in [4.78, 5) is 35.8. The molecule has 2 N–H and O–H groups in total. The minimum atomic E-state index is -0.616. The van der Waals surface area contributed by atoms with Crippen LogP contribution in [0.2, 0.25) is 0 Å². The number of ether oxygens (including phenoxy) is 1. The van der Waals surface area contributed by atoms with Crippen LogP contribution in [0.15, 0.2) is 35.7 Å². The predicted molar refractivity (Wildman–Crippen MR) is 83.9 cm³/mol. The first kappa shape index (κ1) is 16.1. The maximum atomic E-state index is 11.9. The number of carbonyl (C=O) groups excluding carboxylic acids is 3. The Balaban J connectivity index is 1.99. The van der Waals surface area contributed by atoms with E-state index in [4.69, 9.17) is 4.74 Å². The normalized spacial score (nSPS) is 16.2. The molecule has 1 aliphatic rings. The molecular formula is C15H16N2O4S. The molecule has 0 bridgehead atoms. The van der Waals surface area contributed by atoms with Gasteiger partial charge in [0.1, 0.15) is 0 Å². The van der Waals surface area contributed by atoms with E-state index in [1.165, 1.54) is 17.8 Å². The van der Waals surface area contributed by atoms with E-state index in [2.05, 4.69) is 17.2 Å². The van der Waals surface area contributed by atoms with Crippen LogP contribution in [0.5, 0.6) is 0 Å². The zero-order valence-corrected chi connectivity index (χ0v) is 12.9. The molecular weight excluding hydrogens is 304 g/mol. The van der Waals surface area contributed by atoms with E-state index in [0.717, 1.165) is 4.90 Å². The van der Waals surface area contributed by atoms with Crippen molar-refractivity contribution in [3.8, 4) is 0 Å². The van der Waals surface area contributed by atoms with Crippen LogP contribution in [0.3, 0.4) is 0 Å². The fourth-order valence-corrected chi connectivity index (χ4v) is 2.72. The number of hydrogen-bond acceptors (Lipinski definition) is 5. The second-order valence-electron chi connectivity index (χ2n) is 4.63. The van der Waals surface area contributed by atoms with E-state index in [1.807, 2.05) is 6.92 Å². The molecule has 22 heavy (non-hydrogen) atoms. The lowest BCUT2D eigenvalue weighted by Gasteiger charge is -2.21. The standard InChI is InChI=1S/C15H16N2O4S/c1-3-6-16-13(18)8-21-15(20)10-4-5-12-11(7-10)17-14(19)9(2)22-12/h3-5,7,9H,1,6,8H2,2H3,(H,16,18)(H,17,19). The summed E-state index contributed by atoms with van der Waals surface area (Å²) in [6.07, 6.45) is 1.53. The van der Waals surface area contributed by atoms with Gasteiger partial charge in [-0.2, -0.15) is 0 Å². The van der Waals surface area contributed by atoms with Crippen LogP contribution in [-0.4, -0.2) is 36.2 Å². The number of fused-ring (bicyclic) bond motifs is 1. The molecule has 7 heteroatoms. The average molecular weight is 320 g/mol. The molecule has 1 atom stereocenters. The van der Waals surface area contributed by atoms with Gasteiger partial charge in [0.2, 0.25) is 5.91 Å². The number of benzene rings is 1. The quantitative estimate of drug-likeness (QED) is 0.635. The lowest BCUT2D eigenvalue weighted by atomic mass is 10.2. The lowest BCUT2D eigenvalue weighted by Crippen LogP contribution is -2.29. The predicted octanol–water partition coefficient (Wildman–Crippen LogP) is 1.58. The number of carbonyl (C=O) groups is 3. The van der Waals surface area contributed by atoms with E-state index in [0.29, 0.717) is 12.2 Å². The van der Waals surface area contributed by atoms with Crippen LogP contribution in [0.1, 0.15) is 17.3 Å². The minimum absolute atomic E-state index is 0.105.